The van der Waals surface area contributed by atoms with Gasteiger partial charge in [0.05, 0.1) is 13.2 Å². The van der Waals surface area contributed by atoms with E-state index in [0.717, 1.165) is 0 Å². The number of aliphatic hydroxyl groups excluding tert-OH is 1. The van der Waals surface area contributed by atoms with Crippen LogP contribution in [0.5, 0.6) is 0 Å². The van der Waals surface area contributed by atoms with E-state index in [1.165, 1.54) is 0 Å². The number of nitrogens with zero attached hydrogens (tertiary/aromatic N) is 1. The maximum absolute atomic E-state index is 13.9. The monoisotopic (exact) mass is 231 g/mol. The highest BCUT2D eigenvalue weighted by atomic mass is 19.1. The lowest BCUT2D eigenvalue weighted by Gasteiger charge is -2.37. The Morgan fingerprint density at radius 2 is 2.12 bits per heavy atom. The first-order valence-electron chi connectivity index (χ1n) is 5.83. The van der Waals surface area contributed by atoms with Crippen molar-refractivity contribution in [1.82, 2.24) is 4.90 Å². The Morgan fingerprint density at radius 1 is 1.50 bits per heavy atom. The molecular formula is C12H22FNO2. The largest absolute Gasteiger partial charge is 0.393 e. The lowest BCUT2D eigenvalue weighted by atomic mass is 9.90. The van der Waals surface area contributed by atoms with E-state index in [0.29, 0.717) is 25.8 Å². The van der Waals surface area contributed by atoms with Crippen molar-refractivity contribution in [3.63, 3.8) is 0 Å². The average molecular weight is 231 g/mol. The smallest absolute Gasteiger partial charge is 0.223 e. The van der Waals surface area contributed by atoms with Crippen molar-refractivity contribution in [2.75, 3.05) is 19.7 Å². The van der Waals surface area contributed by atoms with Crippen molar-refractivity contribution in [2.24, 2.45) is 5.41 Å². The van der Waals surface area contributed by atoms with Gasteiger partial charge in [-0.3, -0.25) is 4.79 Å². The van der Waals surface area contributed by atoms with E-state index >= 15 is 0 Å². The first-order valence-corrected chi connectivity index (χ1v) is 5.83. The molecule has 1 heterocycles. The zero-order valence-electron chi connectivity index (χ0n) is 10.4. The second kappa shape index (κ2) is 4.70. The molecule has 0 spiro atoms. The molecule has 1 amide bonds. The minimum absolute atomic E-state index is 0.0114. The summed E-state index contributed by atoms with van der Waals surface area (Å²) in [6, 6.07) is 0. The molecule has 0 bridgehead atoms. The minimum atomic E-state index is -1.59. The number of rotatable bonds is 2. The van der Waals surface area contributed by atoms with Crippen LogP contribution in [-0.4, -0.2) is 41.3 Å². The maximum atomic E-state index is 13.9. The average Bonchev–Trinajstić information content (AvgIpc) is 2.15. The molecule has 0 aliphatic carbocycles. The zero-order valence-corrected chi connectivity index (χ0v) is 10.4. The standard InChI is InChI=1S/C12H22FNO2/c1-11(2,3)7-10(16)14-6-4-5-12(13,8-14)9-15/h15H,4-9H2,1-3H3/t12-/m0/s1. The molecule has 0 aromatic rings. The second-order valence-corrected chi connectivity index (χ2v) is 5.97. The molecule has 94 valence electrons. The van der Waals surface area contributed by atoms with Gasteiger partial charge < -0.3 is 10.0 Å². The molecule has 4 heteroatoms. The molecule has 1 atom stereocenters. The third-order valence-electron chi connectivity index (χ3n) is 2.84. The van der Waals surface area contributed by atoms with Crippen LogP contribution in [0.15, 0.2) is 0 Å². The van der Waals surface area contributed by atoms with Crippen molar-refractivity contribution >= 4 is 5.91 Å². The molecule has 16 heavy (non-hydrogen) atoms. The molecule has 1 aliphatic rings. The first kappa shape index (κ1) is 13.4. The number of piperidine rings is 1. The fourth-order valence-electron chi connectivity index (χ4n) is 1.99. The van der Waals surface area contributed by atoms with Crippen LogP contribution >= 0.6 is 0 Å². The van der Waals surface area contributed by atoms with Gasteiger partial charge in [0, 0.05) is 13.0 Å². The number of likely N-dealkylation sites (tertiary alicyclic amines) is 1. The topological polar surface area (TPSA) is 40.5 Å². The Hall–Kier alpha value is -0.640. The normalized spacial score (nSPS) is 26.9. The van der Waals surface area contributed by atoms with Crippen molar-refractivity contribution < 1.29 is 14.3 Å². The lowest BCUT2D eigenvalue weighted by molar-refractivity contribution is -0.138. The van der Waals surface area contributed by atoms with Crippen molar-refractivity contribution in [1.29, 1.82) is 0 Å². The summed E-state index contributed by atoms with van der Waals surface area (Å²) in [6.07, 6.45) is 1.41. The number of hydrogen-bond donors (Lipinski definition) is 1. The molecule has 1 aliphatic heterocycles. The molecule has 0 unspecified atom stereocenters. The van der Waals surface area contributed by atoms with Gasteiger partial charge >= 0.3 is 0 Å². The van der Waals surface area contributed by atoms with Gasteiger partial charge in [-0.25, -0.2) is 4.39 Å². The predicted molar refractivity (Wildman–Crippen MR) is 60.8 cm³/mol. The number of carbonyl (C=O) groups excluding carboxylic acids is 1. The molecule has 3 nitrogen and oxygen atoms in total. The van der Waals surface area contributed by atoms with E-state index in [4.69, 9.17) is 5.11 Å². The van der Waals surface area contributed by atoms with E-state index in [1.54, 1.807) is 4.90 Å². The van der Waals surface area contributed by atoms with Crippen LogP contribution in [-0.2, 0) is 4.79 Å². The van der Waals surface area contributed by atoms with Crippen LogP contribution in [0, 0.1) is 5.41 Å². The molecule has 1 saturated heterocycles. The predicted octanol–water partition coefficient (Wildman–Crippen LogP) is 1.75. The van der Waals surface area contributed by atoms with Gasteiger partial charge in [0.15, 0.2) is 5.67 Å². The van der Waals surface area contributed by atoms with Crippen LogP contribution in [0.3, 0.4) is 0 Å². The summed E-state index contributed by atoms with van der Waals surface area (Å²) in [7, 11) is 0. The summed E-state index contributed by atoms with van der Waals surface area (Å²) in [4.78, 5) is 13.4. The Labute approximate surface area is 96.6 Å². The number of halogens is 1. The molecule has 0 saturated carbocycles. The van der Waals surface area contributed by atoms with Crippen LogP contribution in [0.2, 0.25) is 0 Å². The van der Waals surface area contributed by atoms with Gasteiger partial charge in [-0.1, -0.05) is 20.8 Å². The highest BCUT2D eigenvalue weighted by molar-refractivity contribution is 5.77. The van der Waals surface area contributed by atoms with E-state index in [-0.39, 0.29) is 17.9 Å². The van der Waals surface area contributed by atoms with Crippen molar-refractivity contribution in [3.8, 4) is 0 Å². The number of alkyl halides is 1. The summed E-state index contributed by atoms with van der Waals surface area (Å²) in [5, 5.41) is 8.97. The first-order chi connectivity index (χ1) is 7.26. The number of aliphatic hydroxyl groups is 1. The fraction of sp³-hybridized carbons (Fsp3) is 0.917. The summed E-state index contributed by atoms with van der Waals surface area (Å²) in [5.41, 5.74) is -1.67. The van der Waals surface area contributed by atoms with E-state index in [1.807, 2.05) is 20.8 Å². The Morgan fingerprint density at radius 3 is 2.62 bits per heavy atom. The fourth-order valence-corrected chi connectivity index (χ4v) is 1.99. The molecular weight excluding hydrogens is 209 g/mol. The quantitative estimate of drug-likeness (QED) is 0.786. The summed E-state index contributed by atoms with van der Waals surface area (Å²) in [6.45, 7) is 6.13. The molecule has 0 aromatic heterocycles. The van der Waals surface area contributed by atoms with Crippen molar-refractivity contribution in [2.45, 2.75) is 45.7 Å². The molecule has 0 radical (unpaired) electrons. The molecule has 1 fully saturated rings. The maximum Gasteiger partial charge on any atom is 0.223 e. The summed E-state index contributed by atoms with van der Waals surface area (Å²) < 4.78 is 13.9. The Bertz CT molecular complexity index is 262. The highest BCUT2D eigenvalue weighted by Crippen LogP contribution is 2.27. The second-order valence-electron chi connectivity index (χ2n) is 5.97. The van der Waals surface area contributed by atoms with Crippen LogP contribution in [0.1, 0.15) is 40.0 Å². The van der Waals surface area contributed by atoms with Crippen LogP contribution in [0.4, 0.5) is 4.39 Å². The van der Waals surface area contributed by atoms with Gasteiger partial charge in [0.25, 0.3) is 0 Å². The summed E-state index contributed by atoms with van der Waals surface area (Å²) in [5.74, 6) is -0.0114. The van der Waals surface area contributed by atoms with Crippen LogP contribution in [0.25, 0.3) is 0 Å². The van der Waals surface area contributed by atoms with Gasteiger partial charge in [0.2, 0.25) is 5.91 Å². The Balaban J connectivity index is 2.57. The molecule has 0 aromatic carbocycles. The Kier molecular flexibility index (Phi) is 3.94. The third kappa shape index (κ3) is 3.74. The van der Waals surface area contributed by atoms with Gasteiger partial charge in [-0.15, -0.1) is 0 Å². The number of carbonyl (C=O) groups is 1. The molecule has 1 N–H and O–H groups in total. The SMILES string of the molecule is CC(C)(C)CC(=O)N1CCC[C@@](F)(CO)C1. The van der Waals surface area contributed by atoms with E-state index in [9.17, 15) is 9.18 Å². The van der Waals surface area contributed by atoms with Gasteiger partial charge in [-0.05, 0) is 18.3 Å². The van der Waals surface area contributed by atoms with Crippen LogP contribution < -0.4 is 0 Å². The van der Waals surface area contributed by atoms with Gasteiger partial charge in [-0.2, -0.15) is 0 Å². The zero-order chi connectivity index (χ0) is 12.4. The van der Waals surface area contributed by atoms with Gasteiger partial charge in [0.1, 0.15) is 0 Å². The minimum Gasteiger partial charge on any atom is -0.393 e. The number of amides is 1. The molecule has 1 rings (SSSR count). The number of hydrogen-bond acceptors (Lipinski definition) is 2. The van der Waals surface area contributed by atoms with E-state index < -0.39 is 12.3 Å². The lowest BCUT2D eigenvalue weighted by Crippen LogP contribution is -2.50. The van der Waals surface area contributed by atoms with E-state index in [2.05, 4.69) is 0 Å². The summed E-state index contributed by atoms with van der Waals surface area (Å²) >= 11 is 0. The highest BCUT2D eigenvalue weighted by Gasteiger charge is 2.37. The van der Waals surface area contributed by atoms with Crippen molar-refractivity contribution in [3.05, 3.63) is 0 Å². The third-order valence-corrected chi connectivity index (χ3v) is 2.84.